The van der Waals surface area contributed by atoms with Crippen LogP contribution in [0.15, 0.2) is 6.20 Å². The Morgan fingerprint density at radius 1 is 1.47 bits per heavy atom. The zero-order valence-electron chi connectivity index (χ0n) is 12.2. The van der Waals surface area contributed by atoms with Gasteiger partial charge in [0, 0.05) is 17.4 Å². The molecule has 1 aromatic heterocycles. The highest BCUT2D eigenvalue weighted by atomic mass is 35.5. The molecule has 2 aliphatic carbocycles. The highest BCUT2D eigenvalue weighted by Crippen LogP contribution is 2.72. The number of hydrogen-bond donors (Lipinski definition) is 1. The molecule has 1 aromatic rings. The molecule has 0 spiro atoms. The molecule has 0 aliphatic heterocycles. The van der Waals surface area contributed by atoms with E-state index in [0.29, 0.717) is 10.9 Å². The maximum absolute atomic E-state index is 11.7. The summed E-state index contributed by atoms with van der Waals surface area (Å²) in [5, 5.41) is 16.6. The molecular weight excluding hydrogens is 260 g/mol. The fourth-order valence-corrected chi connectivity index (χ4v) is 5.09. The minimum atomic E-state index is -0.882. The van der Waals surface area contributed by atoms with Crippen LogP contribution in [0.25, 0.3) is 0 Å². The maximum atomic E-state index is 11.7. The zero-order valence-corrected chi connectivity index (χ0v) is 13.0. The fraction of sp³-hybridized carbons (Fsp3) is 0.800. The van der Waals surface area contributed by atoms with Crippen LogP contribution in [0.4, 0.5) is 0 Å². The Hall–Kier alpha value is -0.540. The van der Waals surface area contributed by atoms with E-state index in [1.54, 1.807) is 6.20 Å². The molecule has 2 fully saturated rings. The smallest absolute Gasteiger partial charge is 0.118 e. The molecule has 2 saturated carbocycles. The molecule has 0 aromatic carbocycles. The minimum absolute atomic E-state index is 0.0856. The number of aromatic nitrogens is 2. The molecule has 4 heteroatoms. The van der Waals surface area contributed by atoms with Crippen LogP contribution >= 0.6 is 11.6 Å². The summed E-state index contributed by atoms with van der Waals surface area (Å²) < 4.78 is 1.87. The summed E-state index contributed by atoms with van der Waals surface area (Å²) in [5.41, 5.74) is -0.299. The highest BCUT2D eigenvalue weighted by Gasteiger charge is 2.70. The van der Waals surface area contributed by atoms with Gasteiger partial charge in [-0.3, -0.25) is 4.68 Å². The van der Waals surface area contributed by atoms with E-state index in [-0.39, 0.29) is 10.8 Å². The van der Waals surface area contributed by atoms with Gasteiger partial charge in [-0.05, 0) is 32.1 Å². The summed E-state index contributed by atoms with van der Waals surface area (Å²) in [5.74, 6) is 0.568. The standard InChI is InChI=1S/C15H23ClN2O/c1-5-18-12(11(16)9-17-18)15(19)13(2,3)10-6-7-14(15,4)8-10/h9-10,19H,5-8H2,1-4H3. The Bertz CT molecular complexity index is 517. The molecule has 0 radical (unpaired) electrons. The summed E-state index contributed by atoms with van der Waals surface area (Å²) in [6.07, 6.45) is 5.04. The lowest BCUT2D eigenvalue weighted by Gasteiger charge is -2.50. The van der Waals surface area contributed by atoms with Crippen LogP contribution in [0.3, 0.4) is 0 Å². The molecule has 2 aliphatic rings. The largest absolute Gasteiger partial charge is 0.382 e. The lowest BCUT2D eigenvalue weighted by Crippen LogP contribution is -2.52. The van der Waals surface area contributed by atoms with Gasteiger partial charge in [-0.15, -0.1) is 0 Å². The summed E-state index contributed by atoms with van der Waals surface area (Å²) in [4.78, 5) is 0. The number of aryl methyl sites for hydroxylation is 1. The average molecular weight is 283 g/mol. The Balaban J connectivity index is 2.24. The predicted molar refractivity (Wildman–Crippen MR) is 76.0 cm³/mol. The quantitative estimate of drug-likeness (QED) is 0.900. The summed E-state index contributed by atoms with van der Waals surface area (Å²) in [6, 6.07) is 0. The van der Waals surface area contributed by atoms with E-state index in [0.717, 1.165) is 25.1 Å². The predicted octanol–water partition coefficient (Wildman–Crippen LogP) is 3.59. The van der Waals surface area contributed by atoms with Crippen LogP contribution in [-0.4, -0.2) is 14.9 Å². The molecule has 19 heavy (non-hydrogen) atoms. The second-order valence-corrected chi connectivity index (χ2v) is 7.50. The number of nitrogens with zero attached hydrogens (tertiary/aromatic N) is 2. The molecule has 3 unspecified atom stereocenters. The maximum Gasteiger partial charge on any atom is 0.118 e. The lowest BCUT2D eigenvalue weighted by molar-refractivity contribution is -0.156. The van der Waals surface area contributed by atoms with E-state index in [1.807, 2.05) is 11.6 Å². The molecular formula is C15H23ClN2O. The van der Waals surface area contributed by atoms with Gasteiger partial charge in [0.1, 0.15) is 5.60 Å². The molecule has 3 rings (SSSR count). The third kappa shape index (κ3) is 1.36. The molecule has 0 amide bonds. The van der Waals surface area contributed by atoms with Gasteiger partial charge in [0.2, 0.25) is 0 Å². The van der Waals surface area contributed by atoms with Crippen LogP contribution < -0.4 is 0 Å². The van der Waals surface area contributed by atoms with Crippen molar-refractivity contribution < 1.29 is 5.11 Å². The van der Waals surface area contributed by atoms with Gasteiger partial charge in [-0.2, -0.15) is 5.10 Å². The monoisotopic (exact) mass is 282 g/mol. The van der Waals surface area contributed by atoms with Gasteiger partial charge in [0.15, 0.2) is 0 Å². The van der Waals surface area contributed by atoms with Crippen LogP contribution in [0.1, 0.15) is 52.7 Å². The van der Waals surface area contributed by atoms with Crippen LogP contribution in [0.2, 0.25) is 5.02 Å². The van der Waals surface area contributed by atoms with E-state index in [4.69, 9.17) is 11.6 Å². The number of aliphatic hydroxyl groups is 1. The Morgan fingerprint density at radius 2 is 2.16 bits per heavy atom. The van der Waals surface area contributed by atoms with Crippen molar-refractivity contribution in [1.82, 2.24) is 9.78 Å². The first-order valence-electron chi connectivity index (χ1n) is 7.22. The molecule has 3 atom stereocenters. The van der Waals surface area contributed by atoms with Crippen LogP contribution in [0.5, 0.6) is 0 Å². The molecule has 1 N–H and O–H groups in total. The van der Waals surface area contributed by atoms with Crippen molar-refractivity contribution in [2.24, 2.45) is 16.7 Å². The van der Waals surface area contributed by atoms with Gasteiger partial charge < -0.3 is 5.11 Å². The first-order valence-corrected chi connectivity index (χ1v) is 7.60. The van der Waals surface area contributed by atoms with E-state index < -0.39 is 5.60 Å². The fourth-order valence-electron chi connectivity index (χ4n) is 4.81. The summed E-state index contributed by atoms with van der Waals surface area (Å²) in [6.45, 7) is 9.36. The zero-order chi connectivity index (χ0) is 14.1. The lowest BCUT2D eigenvalue weighted by atomic mass is 9.59. The molecule has 106 valence electrons. The van der Waals surface area contributed by atoms with Gasteiger partial charge in [0.05, 0.1) is 16.9 Å². The molecule has 1 heterocycles. The van der Waals surface area contributed by atoms with Crippen molar-refractivity contribution in [2.75, 3.05) is 0 Å². The van der Waals surface area contributed by atoms with E-state index in [2.05, 4.69) is 25.9 Å². The van der Waals surface area contributed by atoms with E-state index >= 15 is 0 Å². The Labute approximate surface area is 120 Å². The van der Waals surface area contributed by atoms with Crippen molar-refractivity contribution in [1.29, 1.82) is 0 Å². The number of fused-ring (bicyclic) bond motifs is 2. The van der Waals surface area contributed by atoms with Gasteiger partial charge in [0.25, 0.3) is 0 Å². The van der Waals surface area contributed by atoms with Crippen molar-refractivity contribution in [2.45, 2.75) is 59.1 Å². The number of halogens is 1. The SMILES string of the molecule is CCn1ncc(Cl)c1C1(O)C2(C)CCC(C2)C1(C)C. The van der Waals surface area contributed by atoms with E-state index in [9.17, 15) is 5.11 Å². The van der Waals surface area contributed by atoms with Crippen LogP contribution in [-0.2, 0) is 12.1 Å². The summed E-state index contributed by atoms with van der Waals surface area (Å²) >= 11 is 6.38. The minimum Gasteiger partial charge on any atom is -0.382 e. The second kappa shape index (κ2) is 3.76. The van der Waals surface area contributed by atoms with Gasteiger partial charge >= 0.3 is 0 Å². The van der Waals surface area contributed by atoms with E-state index in [1.165, 1.54) is 6.42 Å². The summed E-state index contributed by atoms with van der Waals surface area (Å²) in [7, 11) is 0. The third-order valence-corrected chi connectivity index (χ3v) is 6.28. The van der Waals surface area contributed by atoms with Crippen molar-refractivity contribution >= 4 is 11.6 Å². The molecule has 2 bridgehead atoms. The molecule has 3 nitrogen and oxygen atoms in total. The average Bonchev–Trinajstić information content (AvgIpc) is 2.95. The number of rotatable bonds is 2. The topological polar surface area (TPSA) is 38.0 Å². The van der Waals surface area contributed by atoms with Crippen molar-refractivity contribution in [3.63, 3.8) is 0 Å². The van der Waals surface area contributed by atoms with Gasteiger partial charge in [-0.25, -0.2) is 0 Å². The van der Waals surface area contributed by atoms with Crippen molar-refractivity contribution in [3.05, 3.63) is 16.9 Å². The normalized spacial score (nSPS) is 40.0. The number of hydrogen-bond acceptors (Lipinski definition) is 2. The first kappa shape index (κ1) is 13.4. The highest BCUT2D eigenvalue weighted by molar-refractivity contribution is 6.31. The molecule has 0 saturated heterocycles. The van der Waals surface area contributed by atoms with Crippen LogP contribution in [0, 0.1) is 16.7 Å². The van der Waals surface area contributed by atoms with Crippen molar-refractivity contribution in [3.8, 4) is 0 Å². The second-order valence-electron chi connectivity index (χ2n) is 7.09. The Morgan fingerprint density at radius 3 is 2.68 bits per heavy atom. The first-order chi connectivity index (χ1) is 8.78. The Kier molecular flexibility index (Phi) is 2.66. The third-order valence-electron chi connectivity index (χ3n) is 6.01. The van der Waals surface area contributed by atoms with Gasteiger partial charge in [-0.1, -0.05) is 32.4 Å².